The quantitative estimate of drug-likeness (QED) is 0.867. The Morgan fingerprint density at radius 1 is 1.42 bits per heavy atom. The predicted octanol–water partition coefficient (Wildman–Crippen LogP) is 3.11. The fourth-order valence-corrected chi connectivity index (χ4v) is 3.19. The topological polar surface area (TPSA) is 66.7 Å². The van der Waals surface area contributed by atoms with Gasteiger partial charge in [-0.2, -0.15) is 0 Å². The van der Waals surface area contributed by atoms with Crippen LogP contribution < -0.4 is 0 Å². The number of aromatic carboxylic acids is 1. The smallest absolute Gasteiger partial charge is 0.335 e. The van der Waals surface area contributed by atoms with Crippen molar-refractivity contribution in [2.24, 2.45) is 4.99 Å². The van der Waals surface area contributed by atoms with Crippen molar-refractivity contribution in [3.8, 4) is 0 Å². The van der Waals surface area contributed by atoms with E-state index in [-0.39, 0.29) is 10.7 Å². The molecule has 0 atom stereocenters. The molecule has 0 unspecified atom stereocenters. The van der Waals surface area contributed by atoms with Crippen LogP contribution in [0.4, 0.5) is 0 Å². The molecule has 1 aromatic rings. The van der Waals surface area contributed by atoms with E-state index in [9.17, 15) is 9.59 Å². The molecule has 1 aromatic carbocycles. The zero-order valence-corrected chi connectivity index (χ0v) is 11.8. The average Bonchev–Trinajstić information content (AvgIpc) is 2.71. The minimum atomic E-state index is -0.966. The van der Waals surface area contributed by atoms with Crippen molar-refractivity contribution >= 4 is 45.1 Å². The van der Waals surface area contributed by atoms with E-state index in [2.05, 4.69) is 4.99 Å². The highest BCUT2D eigenvalue weighted by Crippen LogP contribution is 2.30. The molecule has 0 bridgehead atoms. The Kier molecular flexibility index (Phi) is 4.44. The molecule has 2 rings (SSSR count). The van der Waals surface area contributed by atoms with Crippen LogP contribution in [0.2, 0.25) is 0 Å². The second-order valence-corrected chi connectivity index (χ2v) is 6.13. The second-order valence-electron chi connectivity index (χ2n) is 3.66. The minimum Gasteiger partial charge on any atom is -0.478 e. The molecule has 4 nitrogen and oxygen atoms in total. The first-order valence-electron chi connectivity index (χ1n) is 5.59. The first-order chi connectivity index (χ1) is 9.10. The third-order valence-electron chi connectivity index (χ3n) is 2.33. The zero-order chi connectivity index (χ0) is 13.8. The lowest BCUT2D eigenvalue weighted by molar-refractivity contribution is -0.107. The van der Waals surface area contributed by atoms with Gasteiger partial charge in [-0.3, -0.25) is 4.79 Å². The van der Waals surface area contributed by atoms with Gasteiger partial charge in [0.25, 0.3) is 0 Å². The van der Waals surface area contributed by atoms with Crippen molar-refractivity contribution in [1.29, 1.82) is 0 Å². The van der Waals surface area contributed by atoms with Gasteiger partial charge in [0.15, 0.2) is 0 Å². The van der Waals surface area contributed by atoms with Crippen LogP contribution in [-0.2, 0) is 4.79 Å². The highest BCUT2D eigenvalue weighted by atomic mass is 32.2. The number of hydrogen-bond acceptors (Lipinski definition) is 5. The van der Waals surface area contributed by atoms with E-state index in [1.807, 2.05) is 6.92 Å². The zero-order valence-electron chi connectivity index (χ0n) is 10.1. The van der Waals surface area contributed by atoms with Crippen LogP contribution >= 0.6 is 23.5 Å². The number of nitrogens with zero attached hydrogens (tertiary/aromatic N) is 1. The maximum absolute atomic E-state index is 11.7. The fourth-order valence-electron chi connectivity index (χ4n) is 1.45. The standard InChI is InChI=1S/C13H11NO3S2/c1-2-18-13-14-10(12(17)19-13)7-8-3-5-9(6-4-8)11(15)16/h3-7H,2H2,1H3,(H,15,16)/b10-7-. The van der Waals surface area contributed by atoms with Crippen molar-refractivity contribution in [2.45, 2.75) is 6.92 Å². The summed E-state index contributed by atoms with van der Waals surface area (Å²) >= 11 is 2.67. The Balaban J connectivity index is 2.21. The van der Waals surface area contributed by atoms with E-state index in [0.29, 0.717) is 5.70 Å². The lowest BCUT2D eigenvalue weighted by atomic mass is 10.1. The summed E-state index contributed by atoms with van der Waals surface area (Å²) in [7, 11) is 0. The number of carboxylic acid groups (broad SMARTS) is 1. The van der Waals surface area contributed by atoms with Gasteiger partial charge in [0.05, 0.1) is 5.56 Å². The van der Waals surface area contributed by atoms with Crippen molar-refractivity contribution in [3.05, 3.63) is 41.1 Å². The van der Waals surface area contributed by atoms with Crippen LogP contribution in [0.15, 0.2) is 35.0 Å². The Labute approximate surface area is 119 Å². The molecule has 0 fully saturated rings. The van der Waals surface area contributed by atoms with Gasteiger partial charge in [0.1, 0.15) is 10.1 Å². The van der Waals surface area contributed by atoms with Crippen LogP contribution in [0.25, 0.3) is 6.08 Å². The van der Waals surface area contributed by atoms with Crippen LogP contribution in [-0.4, -0.2) is 26.3 Å². The molecule has 98 valence electrons. The third-order valence-corrected chi connectivity index (χ3v) is 4.22. The summed E-state index contributed by atoms with van der Waals surface area (Å²) in [5, 5.41) is 8.73. The molecule has 0 amide bonds. The number of benzene rings is 1. The highest BCUT2D eigenvalue weighted by Gasteiger charge is 2.21. The number of aliphatic imine (C=N–C) groups is 1. The average molecular weight is 293 g/mol. The maximum Gasteiger partial charge on any atom is 0.335 e. The van der Waals surface area contributed by atoms with E-state index in [1.165, 1.54) is 23.9 Å². The van der Waals surface area contributed by atoms with Gasteiger partial charge >= 0.3 is 5.97 Å². The molecule has 19 heavy (non-hydrogen) atoms. The molecular formula is C13H11NO3S2. The molecule has 1 heterocycles. The molecule has 0 saturated carbocycles. The summed E-state index contributed by atoms with van der Waals surface area (Å²) in [4.78, 5) is 26.7. The summed E-state index contributed by atoms with van der Waals surface area (Å²) in [6.45, 7) is 2.00. The Morgan fingerprint density at radius 3 is 2.68 bits per heavy atom. The molecule has 0 aromatic heterocycles. The Morgan fingerprint density at radius 2 is 2.11 bits per heavy atom. The van der Waals surface area contributed by atoms with E-state index >= 15 is 0 Å². The summed E-state index contributed by atoms with van der Waals surface area (Å²) in [5.74, 6) is -0.0916. The number of carbonyl (C=O) groups excluding carboxylic acids is 1. The fraction of sp³-hybridized carbons (Fsp3) is 0.154. The first-order valence-corrected chi connectivity index (χ1v) is 7.39. The van der Waals surface area contributed by atoms with Gasteiger partial charge in [-0.25, -0.2) is 9.79 Å². The SMILES string of the molecule is CCSC1=N/C(=C\c2ccc(C(=O)O)cc2)C(=O)S1. The summed E-state index contributed by atoms with van der Waals surface area (Å²) in [6, 6.07) is 6.34. The normalized spacial score (nSPS) is 16.8. The number of carboxylic acids is 1. The lowest BCUT2D eigenvalue weighted by Crippen LogP contribution is -1.95. The Bertz CT molecular complexity index is 576. The molecule has 1 aliphatic heterocycles. The van der Waals surface area contributed by atoms with Crippen LogP contribution in [0.1, 0.15) is 22.8 Å². The molecular weight excluding hydrogens is 282 g/mol. The number of carbonyl (C=O) groups is 2. The summed E-state index contributed by atoms with van der Waals surface area (Å²) < 4.78 is 0.765. The van der Waals surface area contributed by atoms with Crippen molar-refractivity contribution in [1.82, 2.24) is 0 Å². The second kappa shape index (κ2) is 6.08. The van der Waals surface area contributed by atoms with Gasteiger partial charge in [-0.15, -0.1) is 0 Å². The van der Waals surface area contributed by atoms with E-state index in [0.717, 1.165) is 27.5 Å². The summed E-state index contributed by atoms with van der Waals surface area (Å²) in [5.41, 5.74) is 1.39. The molecule has 0 aliphatic carbocycles. The molecule has 0 spiro atoms. The number of hydrogen-bond donors (Lipinski definition) is 1. The van der Waals surface area contributed by atoms with Gasteiger partial charge < -0.3 is 5.11 Å². The van der Waals surface area contributed by atoms with Gasteiger partial charge in [-0.05, 0) is 41.3 Å². The maximum atomic E-state index is 11.7. The summed E-state index contributed by atoms with van der Waals surface area (Å²) in [6.07, 6.45) is 1.67. The number of thioether (sulfide) groups is 2. The molecule has 0 saturated heterocycles. The van der Waals surface area contributed by atoms with Gasteiger partial charge in [0.2, 0.25) is 5.12 Å². The van der Waals surface area contributed by atoms with Crippen LogP contribution in [0, 0.1) is 0 Å². The first kappa shape index (κ1) is 13.9. The highest BCUT2D eigenvalue weighted by molar-refractivity contribution is 8.45. The monoisotopic (exact) mass is 293 g/mol. The van der Waals surface area contributed by atoms with Crippen LogP contribution in [0.5, 0.6) is 0 Å². The predicted molar refractivity (Wildman–Crippen MR) is 79.5 cm³/mol. The lowest BCUT2D eigenvalue weighted by Gasteiger charge is -1.96. The minimum absolute atomic E-state index is 0.0711. The van der Waals surface area contributed by atoms with Crippen molar-refractivity contribution < 1.29 is 14.7 Å². The van der Waals surface area contributed by atoms with Crippen molar-refractivity contribution in [2.75, 3.05) is 5.75 Å². The molecule has 6 heteroatoms. The largest absolute Gasteiger partial charge is 0.478 e. The number of rotatable bonds is 3. The van der Waals surface area contributed by atoms with E-state index in [4.69, 9.17) is 5.11 Å². The van der Waals surface area contributed by atoms with E-state index in [1.54, 1.807) is 18.2 Å². The Hall–Kier alpha value is -1.53. The molecule has 1 N–H and O–H groups in total. The van der Waals surface area contributed by atoms with Gasteiger partial charge in [-0.1, -0.05) is 30.8 Å². The van der Waals surface area contributed by atoms with Gasteiger partial charge in [0, 0.05) is 0 Å². The van der Waals surface area contributed by atoms with Crippen LogP contribution in [0.3, 0.4) is 0 Å². The molecule has 1 aliphatic rings. The molecule has 0 radical (unpaired) electrons. The van der Waals surface area contributed by atoms with Crippen molar-refractivity contribution in [3.63, 3.8) is 0 Å². The van der Waals surface area contributed by atoms with E-state index < -0.39 is 5.97 Å². The third kappa shape index (κ3) is 3.48.